The van der Waals surface area contributed by atoms with Crippen LogP contribution in [0.3, 0.4) is 0 Å². The summed E-state index contributed by atoms with van der Waals surface area (Å²) in [6, 6.07) is 10.2. The molecule has 2 nitrogen and oxygen atoms in total. The fraction of sp³-hybridized carbons (Fsp3) is 0.429. The van der Waals surface area contributed by atoms with Gasteiger partial charge in [-0.3, -0.25) is 4.79 Å². The molecule has 0 bridgehead atoms. The lowest BCUT2D eigenvalue weighted by Crippen LogP contribution is -2.32. The molecular formula is C14H18NO. The zero-order valence-corrected chi connectivity index (χ0v) is 9.56. The van der Waals surface area contributed by atoms with Crippen molar-refractivity contribution in [1.82, 2.24) is 4.90 Å². The van der Waals surface area contributed by atoms with E-state index in [0.29, 0.717) is 6.42 Å². The summed E-state index contributed by atoms with van der Waals surface area (Å²) in [5.74, 6) is 0.267. The van der Waals surface area contributed by atoms with Crippen LogP contribution in [-0.2, 0) is 11.2 Å². The Bertz CT molecular complexity index is 328. The summed E-state index contributed by atoms with van der Waals surface area (Å²) in [5, 5.41) is 0. The smallest absolute Gasteiger partial charge is 0.223 e. The van der Waals surface area contributed by atoms with E-state index in [4.69, 9.17) is 0 Å². The van der Waals surface area contributed by atoms with E-state index in [2.05, 4.69) is 18.7 Å². The predicted molar refractivity (Wildman–Crippen MR) is 64.6 cm³/mol. The van der Waals surface area contributed by atoms with E-state index in [9.17, 15) is 4.79 Å². The van der Waals surface area contributed by atoms with Crippen LogP contribution in [-0.4, -0.2) is 17.4 Å². The minimum Gasteiger partial charge on any atom is -0.338 e. The van der Waals surface area contributed by atoms with Crippen LogP contribution >= 0.6 is 0 Å². The molecule has 0 saturated carbocycles. The summed E-state index contributed by atoms with van der Waals surface area (Å²) in [6.45, 7) is 2.96. The lowest BCUT2D eigenvalue weighted by molar-refractivity contribution is -0.130. The average molecular weight is 216 g/mol. The zero-order valence-electron chi connectivity index (χ0n) is 9.56. The predicted octanol–water partition coefficient (Wildman–Crippen LogP) is 2.79. The highest BCUT2D eigenvalue weighted by atomic mass is 16.2. The zero-order chi connectivity index (χ0) is 11.2. The van der Waals surface area contributed by atoms with Crippen LogP contribution in [0.4, 0.5) is 0 Å². The lowest BCUT2D eigenvalue weighted by atomic mass is 10.1. The molecule has 2 rings (SSSR count). The molecule has 1 radical (unpaired) electrons. The minimum atomic E-state index is 0.267. The van der Waals surface area contributed by atoms with Gasteiger partial charge in [0.15, 0.2) is 0 Å². The number of amides is 1. The Morgan fingerprint density at radius 3 is 2.69 bits per heavy atom. The van der Waals surface area contributed by atoms with Crippen LogP contribution < -0.4 is 0 Å². The Morgan fingerprint density at radius 2 is 2.00 bits per heavy atom. The first-order valence-electron chi connectivity index (χ1n) is 6.03. The van der Waals surface area contributed by atoms with Gasteiger partial charge in [-0.05, 0) is 31.2 Å². The lowest BCUT2D eigenvalue weighted by Gasteiger charge is -2.26. The highest BCUT2D eigenvalue weighted by Crippen LogP contribution is 2.14. The Hall–Kier alpha value is -1.31. The van der Waals surface area contributed by atoms with Gasteiger partial charge in [0.05, 0.1) is 6.54 Å². The standard InChI is InChI=1S/C14H18NO/c16-14(15-11-5-2-6-12-15)10-9-13-7-3-1-4-8-13/h1,3-4,7-8,11H,2,5-6,9-10,12H2. The summed E-state index contributed by atoms with van der Waals surface area (Å²) in [7, 11) is 0. The van der Waals surface area contributed by atoms with Gasteiger partial charge < -0.3 is 4.90 Å². The van der Waals surface area contributed by atoms with Gasteiger partial charge in [0.25, 0.3) is 0 Å². The van der Waals surface area contributed by atoms with E-state index in [1.165, 1.54) is 12.0 Å². The van der Waals surface area contributed by atoms with Crippen molar-refractivity contribution in [2.45, 2.75) is 32.1 Å². The first-order chi connectivity index (χ1) is 7.86. The molecule has 16 heavy (non-hydrogen) atoms. The van der Waals surface area contributed by atoms with Gasteiger partial charge in [-0.15, -0.1) is 0 Å². The van der Waals surface area contributed by atoms with Gasteiger partial charge in [-0.25, -0.2) is 0 Å². The molecule has 2 heteroatoms. The Morgan fingerprint density at radius 1 is 1.19 bits per heavy atom. The van der Waals surface area contributed by atoms with Crippen LogP contribution in [0.15, 0.2) is 30.3 Å². The van der Waals surface area contributed by atoms with Crippen molar-refractivity contribution in [1.29, 1.82) is 0 Å². The fourth-order valence-electron chi connectivity index (χ4n) is 2.03. The first kappa shape index (κ1) is 11.2. The molecule has 0 unspecified atom stereocenters. The van der Waals surface area contributed by atoms with E-state index < -0.39 is 0 Å². The average Bonchev–Trinajstić information content (AvgIpc) is 2.38. The van der Waals surface area contributed by atoms with Crippen LogP contribution in [0.2, 0.25) is 0 Å². The largest absolute Gasteiger partial charge is 0.338 e. The maximum Gasteiger partial charge on any atom is 0.223 e. The number of likely N-dealkylation sites (tertiary alicyclic amines) is 1. The highest BCUT2D eigenvalue weighted by molar-refractivity contribution is 5.77. The van der Waals surface area contributed by atoms with Gasteiger partial charge in [0.1, 0.15) is 0 Å². The second-order valence-corrected chi connectivity index (χ2v) is 4.25. The Labute approximate surface area is 97.3 Å². The molecular weight excluding hydrogens is 198 g/mol. The van der Waals surface area contributed by atoms with Gasteiger partial charge in [-0.1, -0.05) is 30.3 Å². The number of piperidine rings is 1. The van der Waals surface area contributed by atoms with Gasteiger partial charge in [0, 0.05) is 13.0 Å². The van der Waals surface area contributed by atoms with Gasteiger partial charge >= 0.3 is 0 Å². The molecule has 1 aliphatic rings. The SMILES string of the molecule is O=C(CCc1ccccc1)N1[CH]CCCC1. The molecule has 0 spiro atoms. The molecule has 1 saturated heterocycles. The summed E-state index contributed by atoms with van der Waals surface area (Å²) < 4.78 is 0. The van der Waals surface area contributed by atoms with Crippen molar-refractivity contribution in [3.8, 4) is 0 Å². The van der Waals surface area contributed by atoms with Crippen LogP contribution in [0.1, 0.15) is 31.2 Å². The second-order valence-electron chi connectivity index (χ2n) is 4.25. The number of aryl methyl sites for hydroxylation is 1. The topological polar surface area (TPSA) is 20.3 Å². The monoisotopic (exact) mass is 216 g/mol. The van der Waals surface area contributed by atoms with Crippen molar-refractivity contribution in [3.05, 3.63) is 42.4 Å². The summed E-state index contributed by atoms with van der Waals surface area (Å²) in [5.41, 5.74) is 1.24. The first-order valence-corrected chi connectivity index (χ1v) is 6.03. The van der Waals surface area contributed by atoms with Crippen LogP contribution in [0.5, 0.6) is 0 Å². The maximum atomic E-state index is 11.9. The molecule has 85 valence electrons. The third kappa shape index (κ3) is 3.09. The van der Waals surface area contributed by atoms with Gasteiger partial charge in [-0.2, -0.15) is 0 Å². The molecule has 0 aliphatic carbocycles. The molecule has 1 aromatic rings. The summed E-state index contributed by atoms with van der Waals surface area (Å²) in [4.78, 5) is 13.8. The number of nitrogens with zero attached hydrogens (tertiary/aromatic N) is 1. The highest BCUT2D eigenvalue weighted by Gasteiger charge is 2.16. The van der Waals surface area contributed by atoms with Crippen LogP contribution in [0, 0.1) is 6.54 Å². The van der Waals surface area contributed by atoms with Crippen molar-refractivity contribution in [3.63, 3.8) is 0 Å². The van der Waals surface area contributed by atoms with Gasteiger partial charge in [0.2, 0.25) is 5.91 Å². The van der Waals surface area contributed by atoms with E-state index in [1.54, 1.807) is 0 Å². The number of rotatable bonds is 3. The van der Waals surface area contributed by atoms with Crippen molar-refractivity contribution in [2.24, 2.45) is 0 Å². The van der Waals surface area contributed by atoms with Crippen molar-refractivity contribution >= 4 is 5.91 Å². The van der Waals surface area contributed by atoms with E-state index in [0.717, 1.165) is 25.8 Å². The molecule has 1 aliphatic heterocycles. The number of benzene rings is 1. The van der Waals surface area contributed by atoms with E-state index in [1.807, 2.05) is 23.1 Å². The molecule has 1 amide bonds. The van der Waals surface area contributed by atoms with Crippen LogP contribution in [0.25, 0.3) is 0 Å². The molecule has 1 aromatic carbocycles. The number of hydrogen-bond acceptors (Lipinski definition) is 1. The third-order valence-corrected chi connectivity index (χ3v) is 2.99. The maximum absolute atomic E-state index is 11.9. The fourth-order valence-corrected chi connectivity index (χ4v) is 2.03. The van der Waals surface area contributed by atoms with E-state index in [-0.39, 0.29) is 5.91 Å². The third-order valence-electron chi connectivity index (χ3n) is 2.99. The summed E-state index contributed by atoms with van der Waals surface area (Å²) >= 11 is 0. The normalized spacial score (nSPS) is 16.1. The number of hydrogen-bond donors (Lipinski definition) is 0. The Kier molecular flexibility index (Phi) is 3.97. The number of carbonyl (C=O) groups is 1. The molecule has 1 heterocycles. The molecule has 0 atom stereocenters. The Balaban J connectivity index is 1.79. The molecule has 0 N–H and O–H groups in total. The van der Waals surface area contributed by atoms with Crippen molar-refractivity contribution in [2.75, 3.05) is 6.54 Å². The quantitative estimate of drug-likeness (QED) is 0.760. The number of carbonyl (C=O) groups excluding carboxylic acids is 1. The van der Waals surface area contributed by atoms with E-state index >= 15 is 0 Å². The summed E-state index contributed by atoms with van der Waals surface area (Å²) in [6.07, 6.45) is 4.90. The van der Waals surface area contributed by atoms with Crippen molar-refractivity contribution < 1.29 is 4.79 Å². The second kappa shape index (κ2) is 5.69. The minimum absolute atomic E-state index is 0.267. The molecule has 1 fully saturated rings. The molecule has 0 aromatic heterocycles.